The second-order valence-corrected chi connectivity index (χ2v) is 9.28. The Kier molecular flexibility index (Phi) is 6.29. The number of hydrogen-bond acceptors (Lipinski definition) is 5. The third kappa shape index (κ3) is 5.18. The topological polar surface area (TPSA) is 80.9 Å². The van der Waals surface area contributed by atoms with E-state index in [-0.39, 0.29) is 17.7 Å². The molecule has 8 heteroatoms. The molecule has 168 valence electrons. The maximum atomic E-state index is 12.8. The summed E-state index contributed by atoms with van der Waals surface area (Å²) in [5.74, 6) is 1.94. The molecule has 0 radical (unpaired) electrons. The number of anilines is 1. The van der Waals surface area contributed by atoms with Crippen molar-refractivity contribution in [1.82, 2.24) is 15.2 Å². The smallest absolute Gasteiger partial charge is 0.228 e. The summed E-state index contributed by atoms with van der Waals surface area (Å²) in [6.07, 6.45) is 3.80. The van der Waals surface area contributed by atoms with E-state index >= 15 is 0 Å². The van der Waals surface area contributed by atoms with Crippen LogP contribution >= 0.6 is 23.2 Å². The normalized spacial score (nSPS) is 18.4. The first-order valence-electron chi connectivity index (χ1n) is 11.0. The average molecular weight is 481 g/mol. The SMILES string of the molecule is O=C(Nc1ccc2cc(Cl)ccc2n1)C1CCC(c2nnc(Cc3ccc(Cl)cc3)o2)CC1. The minimum Gasteiger partial charge on any atom is -0.425 e. The number of nitrogens with zero attached hydrogens (tertiary/aromatic N) is 3. The molecule has 2 heterocycles. The zero-order valence-corrected chi connectivity index (χ0v) is 19.3. The number of nitrogens with one attached hydrogen (secondary N) is 1. The van der Waals surface area contributed by atoms with Gasteiger partial charge in [-0.2, -0.15) is 0 Å². The number of hydrogen-bond donors (Lipinski definition) is 1. The molecule has 1 aliphatic carbocycles. The van der Waals surface area contributed by atoms with Crippen LogP contribution < -0.4 is 5.32 Å². The van der Waals surface area contributed by atoms with Crippen LogP contribution in [0.5, 0.6) is 0 Å². The van der Waals surface area contributed by atoms with Gasteiger partial charge in [-0.3, -0.25) is 4.79 Å². The van der Waals surface area contributed by atoms with Crippen LogP contribution in [0.1, 0.15) is 48.9 Å². The highest BCUT2D eigenvalue weighted by Gasteiger charge is 2.30. The van der Waals surface area contributed by atoms with E-state index in [1.54, 1.807) is 6.07 Å². The van der Waals surface area contributed by atoms with Crippen LogP contribution in [0.25, 0.3) is 10.9 Å². The number of halogens is 2. The van der Waals surface area contributed by atoms with Crippen LogP contribution in [-0.4, -0.2) is 21.1 Å². The lowest BCUT2D eigenvalue weighted by Crippen LogP contribution is -2.27. The Bertz CT molecular complexity index is 1280. The van der Waals surface area contributed by atoms with E-state index in [1.807, 2.05) is 48.5 Å². The molecule has 2 aromatic carbocycles. The monoisotopic (exact) mass is 480 g/mol. The molecule has 0 unspecified atom stereocenters. The molecule has 1 fully saturated rings. The third-order valence-electron chi connectivity index (χ3n) is 6.10. The van der Waals surface area contributed by atoms with Crippen LogP contribution in [0.15, 0.2) is 59.0 Å². The summed E-state index contributed by atoms with van der Waals surface area (Å²) in [5, 5.41) is 13.7. The van der Waals surface area contributed by atoms with E-state index < -0.39 is 0 Å². The van der Waals surface area contributed by atoms with Gasteiger partial charge in [0.2, 0.25) is 17.7 Å². The first-order chi connectivity index (χ1) is 16.0. The van der Waals surface area contributed by atoms with Gasteiger partial charge in [-0.15, -0.1) is 10.2 Å². The van der Waals surface area contributed by atoms with Crippen LogP contribution in [0.4, 0.5) is 5.82 Å². The third-order valence-corrected chi connectivity index (χ3v) is 6.59. The molecule has 0 atom stereocenters. The molecular formula is C25H22Cl2N4O2. The van der Waals surface area contributed by atoms with E-state index in [9.17, 15) is 4.79 Å². The molecule has 1 amide bonds. The highest BCUT2D eigenvalue weighted by molar-refractivity contribution is 6.31. The van der Waals surface area contributed by atoms with Crippen molar-refractivity contribution in [3.8, 4) is 0 Å². The number of aromatic nitrogens is 3. The van der Waals surface area contributed by atoms with Gasteiger partial charge in [0.1, 0.15) is 5.82 Å². The highest BCUT2D eigenvalue weighted by atomic mass is 35.5. The number of fused-ring (bicyclic) bond motifs is 1. The van der Waals surface area contributed by atoms with Gasteiger partial charge >= 0.3 is 0 Å². The van der Waals surface area contributed by atoms with E-state index in [4.69, 9.17) is 27.6 Å². The summed E-state index contributed by atoms with van der Waals surface area (Å²) in [5.41, 5.74) is 1.87. The maximum absolute atomic E-state index is 12.8. The Balaban J connectivity index is 1.16. The summed E-state index contributed by atoms with van der Waals surface area (Å²) in [7, 11) is 0. The van der Waals surface area contributed by atoms with Crippen molar-refractivity contribution in [2.75, 3.05) is 5.32 Å². The van der Waals surface area contributed by atoms with Crippen molar-refractivity contribution in [2.45, 2.75) is 38.0 Å². The van der Waals surface area contributed by atoms with Crippen LogP contribution in [0.3, 0.4) is 0 Å². The fourth-order valence-electron chi connectivity index (χ4n) is 4.28. The standard InChI is InChI=1S/C25H22Cl2N4O2/c26-19-8-1-15(2-9-19)13-23-30-31-25(33-23)17-5-3-16(4-6-17)24(32)29-22-12-7-18-14-20(27)10-11-21(18)28-22/h1-2,7-12,14,16-17H,3-6,13H2,(H,28,29,32). The highest BCUT2D eigenvalue weighted by Crippen LogP contribution is 2.36. The summed E-state index contributed by atoms with van der Waals surface area (Å²) < 4.78 is 5.92. The number of amides is 1. The number of pyridine rings is 1. The summed E-state index contributed by atoms with van der Waals surface area (Å²) in [4.78, 5) is 17.3. The molecular weight excluding hydrogens is 459 g/mol. The zero-order chi connectivity index (χ0) is 22.8. The fourth-order valence-corrected chi connectivity index (χ4v) is 4.58. The largest absolute Gasteiger partial charge is 0.425 e. The minimum atomic E-state index is -0.0552. The molecule has 6 nitrogen and oxygen atoms in total. The van der Waals surface area contributed by atoms with E-state index in [2.05, 4.69) is 20.5 Å². The molecule has 1 saturated carbocycles. The molecule has 2 aromatic heterocycles. The van der Waals surface area contributed by atoms with Crippen LogP contribution in [0.2, 0.25) is 10.0 Å². The van der Waals surface area contributed by atoms with Crippen molar-refractivity contribution in [1.29, 1.82) is 0 Å². The Hall–Kier alpha value is -2.96. The molecule has 1 aliphatic rings. The zero-order valence-electron chi connectivity index (χ0n) is 17.8. The van der Waals surface area contributed by atoms with Crippen LogP contribution in [0, 0.1) is 5.92 Å². The Labute approximate surface area is 201 Å². The Morgan fingerprint density at radius 2 is 1.70 bits per heavy atom. The molecule has 0 aliphatic heterocycles. The van der Waals surface area contributed by atoms with Gasteiger partial charge in [-0.1, -0.05) is 35.3 Å². The van der Waals surface area contributed by atoms with Gasteiger partial charge in [0.15, 0.2) is 0 Å². The lowest BCUT2D eigenvalue weighted by molar-refractivity contribution is -0.120. The van der Waals surface area contributed by atoms with Crippen molar-refractivity contribution in [3.63, 3.8) is 0 Å². The minimum absolute atomic E-state index is 0.00298. The first kappa shape index (κ1) is 21.9. The number of benzene rings is 2. The average Bonchev–Trinajstić information content (AvgIpc) is 3.29. The van der Waals surface area contributed by atoms with Gasteiger partial charge in [-0.05, 0) is 73.7 Å². The number of rotatable bonds is 5. The van der Waals surface area contributed by atoms with Crippen molar-refractivity contribution in [3.05, 3.63) is 82.0 Å². The predicted molar refractivity (Wildman–Crippen MR) is 129 cm³/mol. The summed E-state index contributed by atoms with van der Waals surface area (Å²) in [6.45, 7) is 0. The first-order valence-corrected chi connectivity index (χ1v) is 11.7. The second kappa shape index (κ2) is 9.49. The number of carbonyl (C=O) groups is 1. The predicted octanol–water partition coefficient (Wildman–Crippen LogP) is 6.43. The van der Waals surface area contributed by atoms with Gasteiger partial charge < -0.3 is 9.73 Å². The van der Waals surface area contributed by atoms with Gasteiger partial charge in [-0.25, -0.2) is 4.98 Å². The lowest BCUT2D eigenvalue weighted by atomic mass is 9.81. The lowest BCUT2D eigenvalue weighted by Gasteiger charge is -2.25. The molecule has 5 rings (SSSR count). The molecule has 0 bridgehead atoms. The van der Waals surface area contributed by atoms with Crippen LogP contribution in [-0.2, 0) is 11.2 Å². The van der Waals surface area contributed by atoms with E-state index in [0.29, 0.717) is 34.1 Å². The van der Waals surface area contributed by atoms with Gasteiger partial charge in [0, 0.05) is 27.3 Å². The van der Waals surface area contributed by atoms with Crippen molar-refractivity contribution in [2.24, 2.45) is 5.92 Å². The summed E-state index contributed by atoms with van der Waals surface area (Å²) in [6, 6.07) is 16.8. The maximum Gasteiger partial charge on any atom is 0.228 e. The van der Waals surface area contributed by atoms with Crippen molar-refractivity contribution < 1.29 is 9.21 Å². The summed E-state index contributed by atoms with van der Waals surface area (Å²) >= 11 is 12.0. The number of carbonyl (C=O) groups excluding carboxylic acids is 1. The second-order valence-electron chi connectivity index (χ2n) is 8.41. The van der Waals surface area contributed by atoms with Gasteiger partial charge in [0.25, 0.3) is 0 Å². The van der Waals surface area contributed by atoms with Crippen molar-refractivity contribution >= 4 is 45.8 Å². The van der Waals surface area contributed by atoms with E-state index in [0.717, 1.165) is 42.1 Å². The Morgan fingerprint density at radius 1 is 0.939 bits per heavy atom. The van der Waals surface area contributed by atoms with E-state index in [1.165, 1.54) is 0 Å². The molecule has 1 N–H and O–H groups in total. The molecule has 0 spiro atoms. The fraction of sp³-hybridized carbons (Fsp3) is 0.280. The quantitative estimate of drug-likeness (QED) is 0.355. The van der Waals surface area contributed by atoms with Gasteiger partial charge in [0.05, 0.1) is 11.9 Å². The molecule has 0 saturated heterocycles. The molecule has 4 aromatic rings. The Morgan fingerprint density at radius 3 is 2.48 bits per heavy atom. The molecule has 33 heavy (non-hydrogen) atoms.